The van der Waals surface area contributed by atoms with Crippen molar-refractivity contribution >= 4 is 17.7 Å². The smallest absolute Gasteiger partial charge is 0.308 e. The number of ether oxygens (including phenoxy) is 3. The molecule has 0 radical (unpaired) electrons. The molecule has 0 aromatic heterocycles. The molecule has 29 heavy (non-hydrogen) atoms. The summed E-state index contributed by atoms with van der Waals surface area (Å²) in [5.41, 5.74) is 1.06. The van der Waals surface area contributed by atoms with Gasteiger partial charge in [-0.3, -0.25) is 14.4 Å². The maximum absolute atomic E-state index is 12.7. The summed E-state index contributed by atoms with van der Waals surface area (Å²) >= 11 is 0. The Kier molecular flexibility index (Phi) is 5.68. The molecule has 3 rings (SSSR count). The summed E-state index contributed by atoms with van der Waals surface area (Å²) in [7, 11) is 0. The minimum absolute atomic E-state index is 0.0217. The average Bonchev–Trinajstić information content (AvgIpc) is 2.64. The predicted molar refractivity (Wildman–Crippen MR) is 103 cm³/mol. The lowest BCUT2D eigenvalue weighted by Crippen LogP contribution is -2.21. The highest BCUT2D eigenvalue weighted by Gasteiger charge is 2.33. The highest BCUT2D eigenvalue weighted by molar-refractivity contribution is 6.03. The van der Waals surface area contributed by atoms with Gasteiger partial charge in [-0.05, 0) is 24.1 Å². The minimum atomic E-state index is -0.601. The van der Waals surface area contributed by atoms with E-state index < -0.39 is 18.0 Å². The van der Waals surface area contributed by atoms with Crippen LogP contribution in [0.4, 0.5) is 0 Å². The molecule has 1 N–H and O–H groups in total. The number of benzene rings is 2. The van der Waals surface area contributed by atoms with Crippen LogP contribution in [0.25, 0.3) is 0 Å². The van der Waals surface area contributed by atoms with E-state index in [1.807, 2.05) is 0 Å². The molecule has 0 aliphatic carbocycles. The van der Waals surface area contributed by atoms with E-state index in [1.54, 1.807) is 24.3 Å². The highest BCUT2D eigenvalue weighted by Crippen LogP contribution is 2.45. The Morgan fingerprint density at radius 2 is 1.86 bits per heavy atom. The van der Waals surface area contributed by atoms with E-state index in [4.69, 9.17) is 14.2 Å². The number of hydrogen-bond acceptors (Lipinski definition) is 7. The summed E-state index contributed by atoms with van der Waals surface area (Å²) in [5.74, 6) is -0.921. The molecule has 150 valence electrons. The summed E-state index contributed by atoms with van der Waals surface area (Å²) in [5, 5.41) is 10.6. The molecule has 1 unspecified atom stereocenters. The lowest BCUT2D eigenvalue weighted by Gasteiger charge is -2.27. The summed E-state index contributed by atoms with van der Waals surface area (Å²) in [6, 6.07) is 8.04. The van der Waals surface area contributed by atoms with Crippen LogP contribution in [-0.4, -0.2) is 22.8 Å². The lowest BCUT2D eigenvalue weighted by atomic mass is 9.93. The number of Topliss-reactive ketones (excluding diaryl/α,β-unsaturated/α-hetero) is 1. The van der Waals surface area contributed by atoms with Crippen molar-refractivity contribution in [2.75, 3.05) is 0 Å². The molecule has 0 amide bonds. The molecular weight excluding hydrogens is 376 g/mol. The molecule has 0 bridgehead atoms. The third-order valence-electron chi connectivity index (χ3n) is 4.36. The fourth-order valence-corrected chi connectivity index (χ4v) is 3.18. The van der Waals surface area contributed by atoms with Gasteiger partial charge in [-0.25, -0.2) is 0 Å². The van der Waals surface area contributed by atoms with E-state index in [0.29, 0.717) is 16.9 Å². The Morgan fingerprint density at radius 3 is 2.45 bits per heavy atom. The summed E-state index contributed by atoms with van der Waals surface area (Å²) in [6.45, 7) is 6.18. The van der Waals surface area contributed by atoms with E-state index in [1.165, 1.54) is 26.0 Å². The highest BCUT2D eigenvalue weighted by atomic mass is 16.5. The van der Waals surface area contributed by atoms with Crippen molar-refractivity contribution in [3.8, 4) is 23.0 Å². The lowest BCUT2D eigenvalue weighted by molar-refractivity contribution is -0.132. The SMILES string of the molecule is C=CCc1c(OC(C)=O)cc2c(c1O)C(=O)CC(c1ccc(OC(C)=O)cc1)O2. The topological polar surface area (TPSA) is 99.1 Å². The number of aromatic hydroxyl groups is 1. The molecule has 2 aromatic carbocycles. The van der Waals surface area contributed by atoms with Gasteiger partial charge in [-0.2, -0.15) is 0 Å². The molecule has 1 aliphatic heterocycles. The molecule has 7 nitrogen and oxygen atoms in total. The predicted octanol–water partition coefficient (Wildman–Crippen LogP) is 3.68. The second-order valence-corrected chi connectivity index (χ2v) is 6.56. The summed E-state index contributed by atoms with van der Waals surface area (Å²) < 4.78 is 16.1. The molecule has 0 saturated carbocycles. The van der Waals surface area contributed by atoms with Gasteiger partial charge in [-0.15, -0.1) is 6.58 Å². The Hall–Kier alpha value is -3.61. The van der Waals surface area contributed by atoms with Crippen molar-refractivity contribution in [2.24, 2.45) is 0 Å². The normalized spacial score (nSPS) is 15.1. The maximum atomic E-state index is 12.7. The van der Waals surface area contributed by atoms with Crippen molar-refractivity contribution in [2.45, 2.75) is 32.8 Å². The van der Waals surface area contributed by atoms with Crippen LogP contribution in [0.3, 0.4) is 0 Å². The number of phenolic OH excluding ortho intramolecular Hbond substituents is 1. The van der Waals surface area contributed by atoms with Crippen molar-refractivity contribution in [1.29, 1.82) is 0 Å². The Balaban J connectivity index is 1.97. The van der Waals surface area contributed by atoms with E-state index in [2.05, 4.69) is 6.58 Å². The zero-order valence-corrected chi connectivity index (χ0v) is 16.1. The van der Waals surface area contributed by atoms with Crippen LogP contribution in [0.1, 0.15) is 47.9 Å². The van der Waals surface area contributed by atoms with Gasteiger partial charge in [0.2, 0.25) is 0 Å². The zero-order chi connectivity index (χ0) is 21.1. The average molecular weight is 396 g/mol. The Labute approximate surface area is 167 Å². The Bertz CT molecular complexity index is 989. The maximum Gasteiger partial charge on any atom is 0.308 e. The summed E-state index contributed by atoms with van der Waals surface area (Å²) in [6.07, 6.45) is 1.18. The molecule has 0 saturated heterocycles. The standard InChI is InChI=1S/C22H20O7/c1-4-5-16-19(28-13(3)24)11-20-21(22(16)26)17(25)10-18(29-20)14-6-8-15(9-7-14)27-12(2)23/h4,6-9,11,18,26H,1,5,10H2,2-3H3. The van der Waals surface area contributed by atoms with Gasteiger partial charge in [0.1, 0.15) is 34.7 Å². The van der Waals surface area contributed by atoms with Crippen LogP contribution in [0.15, 0.2) is 43.0 Å². The fraction of sp³-hybridized carbons (Fsp3) is 0.227. The number of fused-ring (bicyclic) bond motifs is 1. The van der Waals surface area contributed by atoms with Crippen LogP contribution < -0.4 is 14.2 Å². The molecule has 1 atom stereocenters. The largest absolute Gasteiger partial charge is 0.507 e. The van der Waals surface area contributed by atoms with E-state index in [-0.39, 0.29) is 41.4 Å². The first-order valence-corrected chi connectivity index (χ1v) is 8.96. The second kappa shape index (κ2) is 8.18. The number of hydrogen-bond donors (Lipinski definition) is 1. The van der Waals surface area contributed by atoms with Crippen LogP contribution in [0.2, 0.25) is 0 Å². The van der Waals surface area contributed by atoms with Crippen molar-refractivity contribution < 1.29 is 33.7 Å². The molecule has 2 aromatic rings. The number of carbonyl (C=O) groups excluding carboxylic acids is 3. The van der Waals surface area contributed by atoms with Crippen LogP contribution in [0, 0.1) is 0 Å². The first-order valence-electron chi connectivity index (χ1n) is 8.96. The van der Waals surface area contributed by atoms with Crippen molar-refractivity contribution in [1.82, 2.24) is 0 Å². The third kappa shape index (κ3) is 4.29. The Morgan fingerprint density at radius 1 is 1.21 bits per heavy atom. The van der Waals surface area contributed by atoms with Gasteiger partial charge in [0, 0.05) is 25.5 Å². The van der Waals surface area contributed by atoms with E-state index >= 15 is 0 Å². The minimum Gasteiger partial charge on any atom is -0.507 e. The first kappa shape index (κ1) is 20.1. The molecule has 1 aliphatic rings. The number of carbonyl (C=O) groups is 3. The van der Waals surface area contributed by atoms with Gasteiger partial charge in [0.15, 0.2) is 5.78 Å². The van der Waals surface area contributed by atoms with Crippen molar-refractivity contribution in [3.05, 3.63) is 59.7 Å². The first-order chi connectivity index (χ1) is 13.8. The van der Waals surface area contributed by atoms with Crippen LogP contribution in [-0.2, 0) is 16.0 Å². The molecule has 7 heteroatoms. The molecule has 1 heterocycles. The monoisotopic (exact) mass is 396 g/mol. The number of allylic oxidation sites excluding steroid dienone is 1. The van der Waals surface area contributed by atoms with Crippen molar-refractivity contribution in [3.63, 3.8) is 0 Å². The fourth-order valence-electron chi connectivity index (χ4n) is 3.18. The van der Waals surface area contributed by atoms with Gasteiger partial charge in [0.05, 0.1) is 6.42 Å². The second-order valence-electron chi connectivity index (χ2n) is 6.56. The third-order valence-corrected chi connectivity index (χ3v) is 4.36. The number of phenols is 1. The number of rotatable bonds is 5. The van der Waals surface area contributed by atoms with Gasteiger partial charge < -0.3 is 19.3 Å². The molecule has 0 fully saturated rings. The van der Waals surface area contributed by atoms with E-state index in [9.17, 15) is 19.5 Å². The molecule has 0 spiro atoms. The zero-order valence-electron chi connectivity index (χ0n) is 16.1. The molecular formula is C22H20O7. The van der Waals surface area contributed by atoms with Crippen LogP contribution >= 0.6 is 0 Å². The van der Waals surface area contributed by atoms with Gasteiger partial charge >= 0.3 is 11.9 Å². The number of esters is 2. The quantitative estimate of drug-likeness (QED) is 0.468. The summed E-state index contributed by atoms with van der Waals surface area (Å²) in [4.78, 5) is 35.2. The van der Waals surface area contributed by atoms with E-state index in [0.717, 1.165) is 0 Å². The van der Waals surface area contributed by atoms with Gasteiger partial charge in [-0.1, -0.05) is 18.2 Å². The van der Waals surface area contributed by atoms with Crippen LogP contribution in [0.5, 0.6) is 23.0 Å². The van der Waals surface area contributed by atoms with Gasteiger partial charge in [0.25, 0.3) is 0 Å². The number of ketones is 1.